The number of urea groups is 1. The first-order valence-electron chi connectivity index (χ1n) is 4.39. The van der Waals surface area contributed by atoms with Crippen molar-refractivity contribution >= 4 is 20.0 Å². The maximum Gasteiger partial charge on any atom is 0.327 e. The summed E-state index contributed by atoms with van der Waals surface area (Å²) >= 11 is 0. The Morgan fingerprint density at radius 3 is 2.21 bits per heavy atom. The highest BCUT2D eigenvalue weighted by atomic mass is 31.1. The molecule has 1 fully saturated rings. The van der Waals surface area contributed by atoms with E-state index in [1.807, 2.05) is 0 Å². The molecule has 14 heavy (non-hydrogen) atoms. The molecule has 1 N–H and O–H groups in total. The van der Waals surface area contributed by atoms with Crippen LogP contribution in [0.2, 0.25) is 0 Å². The summed E-state index contributed by atoms with van der Waals surface area (Å²) in [4.78, 5) is 34.1. The molecular formula is C7H13N2O4P. The predicted molar refractivity (Wildman–Crippen MR) is 50.2 cm³/mol. The second-order valence-corrected chi connectivity index (χ2v) is 4.12. The van der Waals surface area contributed by atoms with E-state index in [0.717, 1.165) is 9.80 Å². The van der Waals surface area contributed by atoms with Crippen LogP contribution >= 0.6 is 8.03 Å². The summed E-state index contributed by atoms with van der Waals surface area (Å²) in [6.45, 7) is 3.82. The van der Waals surface area contributed by atoms with Crippen LogP contribution in [0.3, 0.4) is 0 Å². The monoisotopic (exact) mass is 220 g/mol. The Morgan fingerprint density at radius 2 is 1.93 bits per heavy atom. The second kappa shape index (κ2) is 4.11. The van der Waals surface area contributed by atoms with Crippen LogP contribution in [0.5, 0.6) is 0 Å². The van der Waals surface area contributed by atoms with E-state index in [2.05, 4.69) is 0 Å². The highest BCUT2D eigenvalue weighted by Gasteiger charge is 2.46. The largest absolute Gasteiger partial charge is 0.345 e. The average Bonchev–Trinajstić information content (AvgIpc) is 2.37. The molecule has 7 heteroatoms. The SMILES string of the molecule is CCN1C(=O)C([PH](=O)O)N(CC)C1=O. The topological polar surface area (TPSA) is 77.9 Å². The summed E-state index contributed by atoms with van der Waals surface area (Å²) < 4.78 is 10.9. The van der Waals surface area contributed by atoms with Crippen LogP contribution in [0.15, 0.2) is 0 Å². The lowest BCUT2D eigenvalue weighted by atomic mass is 10.5. The van der Waals surface area contributed by atoms with Crippen LogP contribution in [0.25, 0.3) is 0 Å². The van der Waals surface area contributed by atoms with Gasteiger partial charge in [0.1, 0.15) is 0 Å². The van der Waals surface area contributed by atoms with E-state index in [-0.39, 0.29) is 13.1 Å². The second-order valence-electron chi connectivity index (χ2n) is 2.89. The molecule has 1 saturated heterocycles. The summed E-state index contributed by atoms with van der Waals surface area (Å²) in [5.74, 6) is -1.72. The summed E-state index contributed by atoms with van der Waals surface area (Å²) in [6.07, 6.45) is 0. The van der Waals surface area contributed by atoms with Crippen LogP contribution in [-0.2, 0) is 9.36 Å². The molecule has 0 aromatic heterocycles. The molecule has 2 atom stereocenters. The van der Waals surface area contributed by atoms with E-state index in [0.29, 0.717) is 0 Å². The number of carbonyl (C=O) groups excluding carboxylic acids is 2. The molecule has 1 aliphatic heterocycles. The predicted octanol–water partition coefficient (Wildman–Crippen LogP) is 0.0835. The maximum absolute atomic E-state index is 11.5. The van der Waals surface area contributed by atoms with Crippen molar-refractivity contribution < 1.29 is 19.0 Å². The third-order valence-corrected chi connectivity index (χ3v) is 3.21. The first-order valence-corrected chi connectivity index (χ1v) is 5.82. The van der Waals surface area contributed by atoms with Crippen molar-refractivity contribution in [2.45, 2.75) is 19.6 Å². The van der Waals surface area contributed by atoms with Crippen molar-refractivity contribution in [3.63, 3.8) is 0 Å². The number of amides is 3. The number of nitrogens with zero attached hydrogens (tertiary/aromatic N) is 2. The average molecular weight is 220 g/mol. The van der Waals surface area contributed by atoms with Gasteiger partial charge in [0, 0.05) is 13.1 Å². The van der Waals surface area contributed by atoms with Gasteiger partial charge in [0.05, 0.1) is 0 Å². The van der Waals surface area contributed by atoms with Crippen molar-refractivity contribution in [3.05, 3.63) is 0 Å². The highest BCUT2D eigenvalue weighted by molar-refractivity contribution is 7.40. The van der Waals surface area contributed by atoms with Crippen LogP contribution in [0.1, 0.15) is 13.8 Å². The van der Waals surface area contributed by atoms with E-state index in [4.69, 9.17) is 4.89 Å². The fourth-order valence-electron chi connectivity index (χ4n) is 1.49. The lowest BCUT2D eigenvalue weighted by Gasteiger charge is -2.16. The van der Waals surface area contributed by atoms with Gasteiger partial charge in [0.2, 0.25) is 8.03 Å². The van der Waals surface area contributed by atoms with Crippen molar-refractivity contribution in [1.29, 1.82) is 0 Å². The number of imide groups is 1. The fraction of sp³-hybridized carbons (Fsp3) is 0.714. The molecule has 0 aromatic rings. The normalized spacial score (nSPS) is 24.6. The third kappa shape index (κ3) is 1.55. The van der Waals surface area contributed by atoms with Crippen molar-refractivity contribution in [2.24, 2.45) is 0 Å². The summed E-state index contributed by atoms with van der Waals surface area (Å²) in [7, 11) is -3.03. The van der Waals surface area contributed by atoms with Gasteiger partial charge < -0.3 is 9.79 Å². The van der Waals surface area contributed by atoms with E-state index < -0.39 is 25.7 Å². The van der Waals surface area contributed by atoms with Gasteiger partial charge in [0.25, 0.3) is 5.91 Å². The maximum atomic E-state index is 11.5. The molecule has 0 spiro atoms. The van der Waals surface area contributed by atoms with Gasteiger partial charge in [-0.1, -0.05) is 0 Å². The molecule has 3 amide bonds. The quantitative estimate of drug-likeness (QED) is 0.539. The van der Waals surface area contributed by atoms with Crippen molar-refractivity contribution in [2.75, 3.05) is 13.1 Å². The molecular weight excluding hydrogens is 207 g/mol. The van der Waals surface area contributed by atoms with Gasteiger partial charge in [-0.25, -0.2) is 4.79 Å². The minimum absolute atomic E-state index is 0.236. The zero-order valence-corrected chi connectivity index (χ0v) is 9.06. The molecule has 0 aromatic carbocycles. The molecule has 2 unspecified atom stereocenters. The van der Waals surface area contributed by atoms with E-state index >= 15 is 0 Å². The molecule has 0 bridgehead atoms. The van der Waals surface area contributed by atoms with Gasteiger partial charge in [0.15, 0.2) is 5.78 Å². The standard InChI is InChI=1S/C7H13N2O4P/c1-3-8-5(10)6(14(12)13)9(4-2)7(8)11/h6,14H,3-4H2,1-2H3,(H,12,13). The Hall–Kier alpha value is -0.870. The summed E-state index contributed by atoms with van der Waals surface area (Å²) in [5, 5.41) is 0. The molecule has 0 aliphatic carbocycles. The Labute approximate surface area is 82.4 Å². The first-order chi connectivity index (χ1) is 6.54. The molecule has 1 heterocycles. The summed E-state index contributed by atoms with van der Waals surface area (Å²) in [6, 6.07) is -0.475. The number of rotatable bonds is 3. The lowest BCUT2D eigenvalue weighted by Crippen LogP contribution is -2.33. The number of likely N-dealkylation sites (N-methyl/N-ethyl adjacent to an activating group) is 2. The molecule has 80 valence electrons. The smallest absolute Gasteiger partial charge is 0.327 e. The Bertz CT molecular complexity index is 293. The van der Waals surface area contributed by atoms with Gasteiger partial charge in [-0.2, -0.15) is 0 Å². The molecule has 0 radical (unpaired) electrons. The fourth-order valence-corrected chi connectivity index (χ4v) is 2.42. The molecule has 1 aliphatic rings. The number of carbonyl (C=O) groups is 2. The number of hydrogen-bond acceptors (Lipinski definition) is 3. The Morgan fingerprint density at radius 1 is 1.36 bits per heavy atom. The van der Waals surface area contributed by atoms with E-state index in [1.165, 1.54) is 0 Å². The van der Waals surface area contributed by atoms with Crippen LogP contribution < -0.4 is 0 Å². The minimum Gasteiger partial charge on any atom is -0.345 e. The minimum atomic E-state index is -3.03. The van der Waals surface area contributed by atoms with Crippen molar-refractivity contribution in [1.82, 2.24) is 9.80 Å². The van der Waals surface area contributed by atoms with Crippen LogP contribution in [0.4, 0.5) is 4.79 Å². The lowest BCUT2D eigenvalue weighted by molar-refractivity contribution is -0.126. The van der Waals surface area contributed by atoms with Crippen LogP contribution in [0, 0.1) is 0 Å². The van der Waals surface area contributed by atoms with Crippen LogP contribution in [-0.4, -0.2) is 45.5 Å². The van der Waals surface area contributed by atoms with Crippen molar-refractivity contribution in [3.8, 4) is 0 Å². The van der Waals surface area contributed by atoms with E-state index in [1.54, 1.807) is 13.8 Å². The number of hydrogen-bond donors (Lipinski definition) is 1. The first kappa shape index (κ1) is 11.2. The Kier molecular flexibility index (Phi) is 3.29. The van der Waals surface area contributed by atoms with Gasteiger partial charge in [-0.3, -0.25) is 14.3 Å². The zero-order valence-electron chi connectivity index (χ0n) is 8.06. The summed E-state index contributed by atoms with van der Waals surface area (Å²) in [5.41, 5.74) is 0. The third-order valence-electron chi connectivity index (χ3n) is 2.18. The van der Waals surface area contributed by atoms with Gasteiger partial charge in [-0.15, -0.1) is 0 Å². The highest BCUT2D eigenvalue weighted by Crippen LogP contribution is 2.32. The molecule has 6 nitrogen and oxygen atoms in total. The Balaban J connectivity index is 3.01. The van der Waals surface area contributed by atoms with Gasteiger partial charge in [-0.05, 0) is 13.8 Å². The zero-order chi connectivity index (χ0) is 10.9. The van der Waals surface area contributed by atoms with Gasteiger partial charge >= 0.3 is 6.03 Å². The molecule has 0 saturated carbocycles. The molecule has 1 rings (SSSR count). The van der Waals surface area contributed by atoms with E-state index in [9.17, 15) is 14.2 Å².